The lowest BCUT2D eigenvalue weighted by molar-refractivity contribution is -0.214. The van der Waals surface area contributed by atoms with E-state index >= 15 is 22.0 Å². The van der Waals surface area contributed by atoms with Crippen LogP contribution in [0.4, 0.5) is 39.5 Å². The maximum Gasteiger partial charge on any atom is 0.386 e. The van der Waals surface area contributed by atoms with Gasteiger partial charge in [-0.2, -0.15) is 9.97 Å². The van der Waals surface area contributed by atoms with Crippen LogP contribution in [0, 0.1) is 0 Å². The highest BCUT2D eigenvalue weighted by Gasteiger charge is 2.69. The van der Waals surface area contributed by atoms with Gasteiger partial charge in [0.05, 0.1) is 100 Å². The lowest BCUT2D eigenvalue weighted by atomic mass is 9.94. The average Bonchev–Trinajstić information content (AvgIpc) is 1.54. The van der Waals surface area contributed by atoms with E-state index in [4.69, 9.17) is 141 Å². The average molecular weight is 2290 g/mol. The van der Waals surface area contributed by atoms with Gasteiger partial charge in [0.25, 0.3) is 0 Å². The van der Waals surface area contributed by atoms with E-state index in [2.05, 4.69) is 125 Å². The fourth-order valence-corrected chi connectivity index (χ4v) is 29.4. The van der Waals surface area contributed by atoms with E-state index in [0.717, 1.165) is 5.69 Å². The third kappa shape index (κ3) is 20.2. The summed E-state index contributed by atoms with van der Waals surface area (Å²) in [6.07, 6.45) is -1.73. The second kappa shape index (κ2) is 41.5. The number of nitrogens with one attached hydrogen (secondary N) is 2. The second-order valence-electron chi connectivity index (χ2n) is 36.0. The molecule has 1 spiro atoms. The molecule has 0 aliphatic carbocycles. The number of nitrogens with two attached hydrogens (primary N) is 1. The van der Waals surface area contributed by atoms with Crippen molar-refractivity contribution in [3.05, 3.63) is 123 Å². The molecule has 12 aromatic heterocycles. The quantitative estimate of drug-likeness (QED) is 0.0321. The molecule has 31 atom stereocenters. The van der Waals surface area contributed by atoms with Gasteiger partial charge in [0.15, 0.2) is 143 Å². The molecule has 148 heavy (non-hydrogen) atoms. The van der Waals surface area contributed by atoms with Crippen molar-refractivity contribution in [3.8, 4) is 5.88 Å². The van der Waals surface area contributed by atoms with E-state index in [1.165, 1.54) is 99.4 Å². The van der Waals surface area contributed by atoms with Crippen LogP contribution in [0.3, 0.4) is 0 Å². The molecular formula is C81H94F5N27O23P6S6. The van der Waals surface area contributed by atoms with Crippen molar-refractivity contribution < 1.29 is 129 Å². The predicted molar refractivity (Wildman–Crippen MR) is 534 cm³/mol. The summed E-state index contributed by atoms with van der Waals surface area (Å²) in [4.78, 5) is 101. The van der Waals surface area contributed by atoms with Crippen LogP contribution >= 0.6 is 64.3 Å². The van der Waals surface area contributed by atoms with Crippen LogP contribution in [-0.2, 0) is 159 Å². The van der Waals surface area contributed by atoms with E-state index in [0.29, 0.717) is 125 Å². The highest BCUT2D eigenvalue weighted by Crippen LogP contribution is 2.65. The number of imidazole rings is 6. The molecule has 16 aliphatic rings. The maximum absolute atomic E-state index is 16.5. The van der Waals surface area contributed by atoms with Crippen molar-refractivity contribution in [2.24, 2.45) is 0 Å². The molecule has 67 heteroatoms. The minimum absolute atomic E-state index is 0. The minimum atomic E-state index is -4.31. The Balaban J connectivity index is 0.000000125. The van der Waals surface area contributed by atoms with E-state index in [-0.39, 0.29) is 75.1 Å². The van der Waals surface area contributed by atoms with Crippen LogP contribution in [0.5, 0.6) is 5.88 Å². The summed E-state index contributed by atoms with van der Waals surface area (Å²) < 4.78 is 233. The number of ether oxygens (including phenoxy) is 8. The highest BCUT2D eigenvalue weighted by atomic mass is 32.9. The van der Waals surface area contributed by atoms with Crippen molar-refractivity contribution in [3.63, 3.8) is 0 Å². The molecule has 792 valence electrons. The van der Waals surface area contributed by atoms with Gasteiger partial charge in [-0.05, 0) is 99.1 Å². The molecule has 28 rings (SSSR count). The number of allylic oxidation sites excluding steroid dienone is 3. The van der Waals surface area contributed by atoms with Gasteiger partial charge in [0.1, 0.15) is 128 Å². The fraction of sp³-hybridized carbons (Fsp3) is 0.556. The molecule has 0 amide bonds. The van der Waals surface area contributed by atoms with Gasteiger partial charge < -0.3 is 95.7 Å². The standard InChI is InChI=1S/C28H32FN9O8P2S2.C26H29F2N9O8P2S2.C26H29F2N9O7P2S2.CH4/c1-14-28-9-41-47(2,39)45-20-16-8-40-48(49,50)46-22(28)21(42-14)27(44-28)38-12-35-18-15(31-10-33-24(18)38)6-4-3-5-7-30-23-19-25(34-11-32-23)37(13-36-19)26(43-16)17(20)29;1-46(48)40-7-13-20-16(28)24(42-13)36-10-32-17-12(30-9-31-21(17)36)5-3-2-4-6-39-23-18-22(34-26(29)35-23)37(11-33-18)25-15(27)19(44-46)14(43-25)8-41-47(38,49)45-20;27-16-20-14-5-7-45(38,47)43-21-15(8-40-46(39,48)44-20)42-26(17(21)28)36-11-34-18-13(30-9-32-23(18)36)4-2-1-3-6-29-22-19-24(33-10-31-22)37(12-35-19)25(16)41-14;/h3,5,10-14,16-17,20-22,26-27H,4,6-9H2,1-2H3,(H,49,50)(H,30,32,34);2,4,9-11,13-16,19-20,24-25H,3,5-8H2,1H3,(H,38,49)(H2,29,34,35);1,3,9-12,14-17,20-21,25-26H,2,4-8H2,(H,38,47)(H,39,48)(H,29,31,33);1H4/b5-3+;4-2+;3-1+;/t14-,16+,17+,20+,21+,22-,26+,27+,28-,47?;13-,14-,15-,16-,19-,20-,24-,25-,46?,47?;14-,15-,16-,17-,20-,21-,25-,26-,45?,46?;/m011./s1. The zero-order valence-electron chi connectivity index (χ0n) is 76.9. The second-order valence-corrected chi connectivity index (χ2v) is 56.6. The SMILES string of the molecule is C.CP1(=S)OC[C@H]2O[C@@H]3[C@H](F)[C@@H]2OP(O)(=S)OC[C@H]2O[C@H]([C@H](F)[C@@H]2O1)n1cnc2c(nc(N)nc21)OC/C=C/CCc1ncnc2c1ncn23.C[C@@H]1O[C@H]2[C@H]3O[C@@]14COP(C)(=O)O[C@H]1[C@@H](F)[C@@H](O[C@@H]1COP(=S)(S)O[C@@H]24)n1cnc2c(ncnc21)NC/C=C/CCc1ncnc2c1ncn23.O=P1(S)OC[C@H]2O[C@@H]3[C@H](F)[C@@H]2OP(O)(=S)CC[C@H]2O[C@H]([C@H](F)[C@@H]2O1)n1cnc2c(ncnc21)NC/C=C/CCc1ncnc2c1ncn23. The molecule has 12 aromatic rings. The molecule has 6 unspecified atom stereocenters. The topological polar surface area (TPSA) is 562 Å². The van der Waals surface area contributed by atoms with Crippen molar-refractivity contribution in [2.75, 3.05) is 88.6 Å². The number of anilines is 3. The Morgan fingerprint density at radius 3 is 1.36 bits per heavy atom. The summed E-state index contributed by atoms with van der Waals surface area (Å²) in [6, 6.07) is 0. The summed E-state index contributed by atoms with van der Waals surface area (Å²) in [6.45, 7) is -12.0. The number of rotatable bonds is 0. The van der Waals surface area contributed by atoms with Crippen LogP contribution < -0.4 is 21.1 Å². The van der Waals surface area contributed by atoms with Gasteiger partial charge in [-0.25, -0.2) is 106 Å². The Labute approximate surface area is 866 Å². The van der Waals surface area contributed by atoms with Crippen molar-refractivity contribution in [1.82, 2.24) is 117 Å². The third-order valence-corrected chi connectivity index (χ3v) is 37.3. The Bertz CT molecular complexity index is 7360. The number of alkyl halides is 5. The number of thiol groups is 2. The predicted octanol–water partition coefficient (Wildman–Crippen LogP) is 10.5. The molecule has 28 heterocycles. The Morgan fingerprint density at radius 1 is 0.439 bits per heavy atom. The lowest BCUT2D eigenvalue weighted by Crippen LogP contribution is -2.50. The van der Waals surface area contributed by atoms with Gasteiger partial charge in [0.2, 0.25) is 17.5 Å². The maximum atomic E-state index is 16.5. The zero-order valence-corrected chi connectivity index (χ0v) is 87.3. The van der Waals surface area contributed by atoms with Gasteiger partial charge in [-0.1, -0.05) is 68.4 Å². The fourth-order valence-electron chi connectivity index (χ4n) is 19.7. The van der Waals surface area contributed by atoms with Gasteiger partial charge >= 0.3 is 21.1 Å². The first-order chi connectivity index (χ1) is 70.6. The summed E-state index contributed by atoms with van der Waals surface area (Å²) in [5.41, 5.74) is 7.73. The van der Waals surface area contributed by atoms with Gasteiger partial charge in [0, 0.05) is 32.6 Å². The van der Waals surface area contributed by atoms with E-state index < -0.39 is 206 Å². The summed E-state index contributed by atoms with van der Waals surface area (Å²) >= 11 is 30.9. The number of fused-ring (bicyclic) bond motifs is 30. The first-order valence-electron chi connectivity index (χ1n) is 46.1. The first kappa shape index (κ1) is 105. The molecule has 0 radical (unpaired) electrons. The minimum Gasteiger partial charge on any atom is -0.472 e. The summed E-state index contributed by atoms with van der Waals surface area (Å²) in [5, 5.41) is 6.43. The van der Waals surface area contributed by atoms with E-state index in [9.17, 15) is 18.9 Å². The molecule has 16 aliphatic heterocycles. The van der Waals surface area contributed by atoms with Gasteiger partial charge in [-0.15, -0.1) is 0 Å². The largest absolute Gasteiger partial charge is 0.472 e. The van der Waals surface area contributed by atoms with Crippen molar-refractivity contribution >= 4 is 196 Å². The smallest absolute Gasteiger partial charge is 0.386 e. The molecule has 43 bridgehead atoms. The molecule has 10 saturated heterocycles. The van der Waals surface area contributed by atoms with Crippen LogP contribution in [0.2, 0.25) is 0 Å². The third-order valence-electron chi connectivity index (χ3n) is 26.7. The molecule has 50 nitrogen and oxygen atoms in total. The Morgan fingerprint density at radius 2 is 0.851 bits per heavy atom. The number of hydrogen-bond donors (Lipinski definition) is 7. The van der Waals surface area contributed by atoms with E-state index in [1.54, 1.807) is 23.9 Å². The van der Waals surface area contributed by atoms with Crippen molar-refractivity contribution in [1.29, 1.82) is 0 Å². The summed E-state index contributed by atoms with van der Waals surface area (Å²) in [7, 11) is -4.00. The number of hydrogen-bond acceptors (Lipinski definition) is 46. The highest BCUT2D eigenvalue weighted by molar-refractivity contribution is 8.60. The Hall–Kier alpha value is -7.67. The molecule has 0 aromatic carbocycles. The lowest BCUT2D eigenvalue weighted by Gasteiger charge is -2.37. The van der Waals surface area contributed by atoms with Crippen LogP contribution in [0.25, 0.3) is 67.0 Å². The van der Waals surface area contributed by atoms with Crippen LogP contribution in [0.15, 0.2) is 106 Å². The van der Waals surface area contributed by atoms with Crippen LogP contribution in [-0.4, -0.2) is 315 Å². The molecular weight excluding hydrogens is 2190 g/mol. The molecule has 6 N–H and O–H groups in total. The van der Waals surface area contributed by atoms with Crippen molar-refractivity contribution in [2.45, 2.75) is 212 Å². The summed E-state index contributed by atoms with van der Waals surface area (Å²) in [5.74, 6) is 0.819. The number of halogens is 5. The number of aryl methyl sites for hydroxylation is 3. The Kier molecular flexibility index (Phi) is 29.4. The number of nitrogen functional groups attached to an aromatic ring is 1. The first-order valence-corrected chi connectivity index (χ1v) is 63.1. The van der Waals surface area contributed by atoms with Gasteiger partial charge in [-0.3, -0.25) is 50.1 Å². The molecule has 10 fully saturated rings. The monoisotopic (exact) mass is 2290 g/mol. The number of aromatic nitrogens is 24. The normalized spacial score (nSPS) is 38.7. The molecule has 0 saturated carbocycles. The number of nitrogens with zero attached hydrogens (tertiary/aromatic N) is 24. The zero-order chi connectivity index (χ0) is 102. The van der Waals surface area contributed by atoms with Crippen LogP contribution in [0.1, 0.15) is 94.5 Å². The van der Waals surface area contributed by atoms with E-state index in [1.807, 2.05) is 30.4 Å².